The molecule has 0 aromatic carbocycles. The molecule has 0 bridgehead atoms. The van der Waals surface area contributed by atoms with Crippen molar-refractivity contribution < 1.29 is 9.53 Å². The van der Waals surface area contributed by atoms with Crippen LogP contribution in [0.3, 0.4) is 0 Å². The lowest BCUT2D eigenvalue weighted by atomic mass is 10.0. The predicted octanol–water partition coefficient (Wildman–Crippen LogP) is 1.03. The molecule has 1 aromatic rings. The van der Waals surface area contributed by atoms with Gasteiger partial charge in [0.2, 0.25) is 0 Å². The van der Waals surface area contributed by atoms with E-state index in [2.05, 4.69) is 33.0 Å². The van der Waals surface area contributed by atoms with E-state index in [0.29, 0.717) is 13.1 Å². The molecule has 0 fully saturated rings. The van der Waals surface area contributed by atoms with Crippen LogP contribution in [0.1, 0.15) is 13.8 Å². The summed E-state index contributed by atoms with van der Waals surface area (Å²) >= 11 is 2.18. The second-order valence-electron chi connectivity index (χ2n) is 3.71. The van der Waals surface area contributed by atoms with E-state index in [0.717, 1.165) is 3.57 Å². The fourth-order valence-electron chi connectivity index (χ4n) is 1.56. The molecule has 0 aliphatic heterocycles. The second-order valence-corrected chi connectivity index (χ2v) is 4.96. The van der Waals surface area contributed by atoms with Crippen LogP contribution < -0.4 is 5.32 Å². The van der Waals surface area contributed by atoms with E-state index in [-0.39, 0.29) is 5.97 Å². The maximum Gasteiger partial charge on any atom is 0.327 e. The highest BCUT2D eigenvalue weighted by Gasteiger charge is 2.34. The third kappa shape index (κ3) is 3.18. The van der Waals surface area contributed by atoms with Gasteiger partial charge in [0.25, 0.3) is 0 Å². The van der Waals surface area contributed by atoms with E-state index in [9.17, 15) is 4.79 Å². The summed E-state index contributed by atoms with van der Waals surface area (Å²) in [7, 11) is 1.39. The Morgan fingerprint density at radius 2 is 2.44 bits per heavy atom. The molecule has 0 spiro atoms. The molecule has 0 aliphatic rings. The van der Waals surface area contributed by atoms with Crippen molar-refractivity contribution in [3.8, 4) is 0 Å². The quantitative estimate of drug-likeness (QED) is 0.644. The van der Waals surface area contributed by atoms with Gasteiger partial charge in [0.15, 0.2) is 0 Å². The molecule has 1 aromatic heterocycles. The van der Waals surface area contributed by atoms with E-state index >= 15 is 0 Å². The van der Waals surface area contributed by atoms with Crippen LogP contribution in [0.5, 0.6) is 0 Å². The summed E-state index contributed by atoms with van der Waals surface area (Å²) in [5, 5.41) is 7.29. The lowest BCUT2D eigenvalue weighted by molar-refractivity contribution is -0.148. The van der Waals surface area contributed by atoms with Gasteiger partial charge in [-0.05, 0) is 36.1 Å². The average Bonchev–Trinajstić information content (AvgIpc) is 2.62. The third-order valence-corrected chi connectivity index (χ3v) is 2.84. The number of ether oxygens (including phenoxy) is 1. The van der Waals surface area contributed by atoms with Crippen molar-refractivity contribution in [2.75, 3.05) is 13.7 Å². The molecule has 0 aliphatic carbocycles. The molecular formula is C10H16IN3O2. The first-order chi connectivity index (χ1) is 7.51. The number of carbonyl (C=O) groups is 1. The number of esters is 1. The minimum atomic E-state index is -0.738. The molecule has 6 heteroatoms. The standard InChI is InChI=1S/C10H16IN3O2/c1-4-12-10(2,9(15)16-3)7-14-6-8(11)5-13-14/h5-6,12H,4,7H2,1-3H3. The lowest BCUT2D eigenvalue weighted by Crippen LogP contribution is -2.53. The van der Waals surface area contributed by atoms with E-state index < -0.39 is 5.54 Å². The number of aromatic nitrogens is 2. The van der Waals surface area contributed by atoms with Crippen LogP contribution in [0.15, 0.2) is 12.4 Å². The van der Waals surface area contributed by atoms with E-state index in [1.165, 1.54) is 7.11 Å². The molecule has 1 N–H and O–H groups in total. The Morgan fingerprint density at radius 3 is 2.88 bits per heavy atom. The molecule has 16 heavy (non-hydrogen) atoms. The molecule has 0 saturated heterocycles. The average molecular weight is 337 g/mol. The Hall–Kier alpha value is -0.630. The number of hydrogen-bond donors (Lipinski definition) is 1. The highest BCUT2D eigenvalue weighted by Crippen LogP contribution is 2.11. The van der Waals surface area contributed by atoms with Crippen molar-refractivity contribution in [3.05, 3.63) is 16.0 Å². The van der Waals surface area contributed by atoms with Crippen molar-refractivity contribution in [2.45, 2.75) is 25.9 Å². The Balaban J connectivity index is 2.82. The van der Waals surface area contributed by atoms with Gasteiger partial charge in [-0.2, -0.15) is 5.10 Å². The number of carbonyl (C=O) groups excluding carboxylic acids is 1. The Labute approximate surface area is 109 Å². The van der Waals surface area contributed by atoms with Crippen molar-refractivity contribution in [1.29, 1.82) is 0 Å². The number of nitrogens with zero attached hydrogens (tertiary/aromatic N) is 2. The summed E-state index contributed by atoms with van der Waals surface area (Å²) in [6.07, 6.45) is 3.64. The fourth-order valence-corrected chi connectivity index (χ4v) is 2.00. The zero-order chi connectivity index (χ0) is 12.2. The first-order valence-electron chi connectivity index (χ1n) is 5.03. The van der Waals surface area contributed by atoms with Gasteiger partial charge in [0.1, 0.15) is 5.54 Å². The van der Waals surface area contributed by atoms with Crippen LogP contribution in [-0.2, 0) is 16.1 Å². The Bertz CT molecular complexity index is 367. The van der Waals surface area contributed by atoms with E-state index in [1.54, 1.807) is 10.9 Å². The van der Waals surface area contributed by atoms with Gasteiger partial charge in [-0.3, -0.25) is 4.68 Å². The van der Waals surface area contributed by atoms with Gasteiger partial charge >= 0.3 is 5.97 Å². The van der Waals surface area contributed by atoms with Crippen LogP contribution >= 0.6 is 22.6 Å². The summed E-state index contributed by atoms with van der Waals surface area (Å²) in [4.78, 5) is 11.7. The zero-order valence-electron chi connectivity index (χ0n) is 9.66. The van der Waals surface area contributed by atoms with Crippen LogP contribution in [0.2, 0.25) is 0 Å². The summed E-state index contributed by atoms with van der Waals surface area (Å²) in [6.45, 7) is 4.92. The number of nitrogens with one attached hydrogen (secondary N) is 1. The predicted molar refractivity (Wildman–Crippen MR) is 69.0 cm³/mol. The van der Waals surface area contributed by atoms with Gasteiger partial charge in [0, 0.05) is 6.20 Å². The summed E-state index contributed by atoms with van der Waals surface area (Å²) in [5.41, 5.74) is -0.738. The summed E-state index contributed by atoms with van der Waals surface area (Å²) < 4.78 is 7.58. The molecule has 1 atom stereocenters. The van der Waals surface area contributed by atoms with Crippen LogP contribution in [0.4, 0.5) is 0 Å². The van der Waals surface area contributed by atoms with Gasteiger partial charge in [-0.25, -0.2) is 4.79 Å². The fraction of sp³-hybridized carbons (Fsp3) is 0.600. The molecule has 0 amide bonds. The number of methoxy groups -OCH3 is 1. The van der Waals surface area contributed by atoms with Crippen molar-refractivity contribution in [2.24, 2.45) is 0 Å². The third-order valence-electron chi connectivity index (χ3n) is 2.28. The van der Waals surface area contributed by atoms with E-state index in [1.807, 2.05) is 20.0 Å². The van der Waals surface area contributed by atoms with Gasteiger partial charge < -0.3 is 10.1 Å². The van der Waals surface area contributed by atoms with Crippen LogP contribution in [0.25, 0.3) is 0 Å². The molecule has 1 rings (SSSR count). The smallest absolute Gasteiger partial charge is 0.327 e. The molecule has 0 saturated carbocycles. The Morgan fingerprint density at radius 1 is 1.75 bits per heavy atom. The molecule has 0 radical (unpaired) electrons. The first-order valence-corrected chi connectivity index (χ1v) is 6.11. The van der Waals surface area contributed by atoms with E-state index in [4.69, 9.17) is 4.74 Å². The number of rotatable bonds is 5. The number of likely N-dealkylation sites (N-methyl/N-ethyl adjacent to an activating group) is 1. The van der Waals surface area contributed by atoms with Gasteiger partial charge in [0.05, 0.1) is 23.4 Å². The Kier molecular flexibility index (Phi) is 4.72. The SMILES string of the molecule is CCNC(C)(Cn1cc(I)cn1)C(=O)OC. The zero-order valence-corrected chi connectivity index (χ0v) is 11.8. The second kappa shape index (κ2) is 5.62. The lowest BCUT2D eigenvalue weighted by Gasteiger charge is -2.27. The van der Waals surface area contributed by atoms with Crippen LogP contribution in [0, 0.1) is 3.57 Å². The summed E-state index contributed by atoms with van der Waals surface area (Å²) in [6, 6.07) is 0. The van der Waals surface area contributed by atoms with Gasteiger partial charge in [-0.15, -0.1) is 0 Å². The first kappa shape index (κ1) is 13.4. The normalized spacial score (nSPS) is 14.5. The molecular weight excluding hydrogens is 321 g/mol. The van der Waals surface area contributed by atoms with Crippen LogP contribution in [-0.4, -0.2) is 34.9 Å². The monoisotopic (exact) mass is 337 g/mol. The highest BCUT2D eigenvalue weighted by atomic mass is 127. The molecule has 5 nitrogen and oxygen atoms in total. The summed E-state index contributed by atoms with van der Waals surface area (Å²) in [5.74, 6) is -0.278. The van der Waals surface area contributed by atoms with Crippen molar-refractivity contribution >= 4 is 28.6 Å². The molecule has 1 heterocycles. The number of halogens is 1. The largest absolute Gasteiger partial charge is 0.468 e. The molecule has 1 unspecified atom stereocenters. The minimum Gasteiger partial charge on any atom is -0.468 e. The van der Waals surface area contributed by atoms with Gasteiger partial charge in [-0.1, -0.05) is 6.92 Å². The molecule has 90 valence electrons. The number of hydrogen-bond acceptors (Lipinski definition) is 4. The minimum absolute atomic E-state index is 0.278. The van der Waals surface area contributed by atoms with Crippen molar-refractivity contribution in [1.82, 2.24) is 15.1 Å². The van der Waals surface area contributed by atoms with Crippen molar-refractivity contribution in [3.63, 3.8) is 0 Å². The highest BCUT2D eigenvalue weighted by molar-refractivity contribution is 14.1. The maximum absolute atomic E-state index is 11.7. The topological polar surface area (TPSA) is 56.2 Å². The maximum atomic E-state index is 11.7.